The van der Waals surface area contributed by atoms with E-state index in [0.29, 0.717) is 18.4 Å². The van der Waals surface area contributed by atoms with Gasteiger partial charge in [-0.2, -0.15) is 22.0 Å². The average molecular weight is 557 g/mol. The number of ether oxygens (including phenoxy) is 1. The molecule has 4 N–H and O–H groups in total. The molecule has 0 fully saturated rings. The lowest BCUT2D eigenvalue weighted by atomic mass is 9.83. The number of alkyl carbamates (subject to hydrolysis) is 1. The molecule has 2 amide bonds. The largest absolute Gasteiger partial charge is 0.453 e. The Bertz CT molecular complexity index is 1100. The zero-order valence-corrected chi connectivity index (χ0v) is 20.4. The summed E-state index contributed by atoms with van der Waals surface area (Å²) >= 11 is 0. The van der Waals surface area contributed by atoms with E-state index in [2.05, 4.69) is 20.4 Å². The van der Waals surface area contributed by atoms with E-state index in [4.69, 9.17) is 0 Å². The minimum Gasteiger partial charge on any atom is -0.453 e. The number of hydrogen-bond donors (Lipinski definition) is 4. The van der Waals surface area contributed by atoms with Crippen molar-refractivity contribution in [3.63, 3.8) is 0 Å². The predicted octanol–water partition coefficient (Wildman–Crippen LogP) is 3.10. The van der Waals surface area contributed by atoms with E-state index in [1.165, 1.54) is 0 Å². The summed E-state index contributed by atoms with van der Waals surface area (Å²) in [4.78, 5) is 27.5. The fourth-order valence-corrected chi connectivity index (χ4v) is 3.18. The topological polar surface area (TPSA) is 118 Å². The van der Waals surface area contributed by atoms with E-state index in [-0.39, 0.29) is 17.8 Å². The van der Waals surface area contributed by atoms with Crippen LogP contribution in [0.1, 0.15) is 26.0 Å². The molecule has 2 aromatic rings. The Morgan fingerprint density at radius 2 is 1.74 bits per heavy atom. The van der Waals surface area contributed by atoms with E-state index in [9.17, 15) is 45.4 Å². The number of methoxy groups -OCH3 is 1. The van der Waals surface area contributed by atoms with Gasteiger partial charge in [0.2, 0.25) is 5.91 Å². The Hall–Kier alpha value is -3.40. The number of alkyl halides is 5. The van der Waals surface area contributed by atoms with Gasteiger partial charge in [-0.1, -0.05) is 0 Å². The van der Waals surface area contributed by atoms with Crippen LogP contribution in [0.15, 0.2) is 24.7 Å². The van der Waals surface area contributed by atoms with Gasteiger partial charge in [0.25, 0.3) is 0 Å². The molecule has 212 valence electrons. The van der Waals surface area contributed by atoms with Gasteiger partial charge in [-0.05, 0) is 26.0 Å². The van der Waals surface area contributed by atoms with Crippen LogP contribution in [0.25, 0.3) is 11.3 Å². The monoisotopic (exact) mass is 557 g/mol. The third kappa shape index (κ3) is 7.56. The first-order valence-corrected chi connectivity index (χ1v) is 11.0. The number of imidazole rings is 1. The molecule has 16 heteroatoms. The summed E-state index contributed by atoms with van der Waals surface area (Å²) < 4.78 is 99.2. The first-order chi connectivity index (χ1) is 17.6. The second-order valence-corrected chi connectivity index (χ2v) is 8.72. The number of amides is 2. The number of carbonyl (C=O) groups excluding carboxylic acids is 2. The van der Waals surface area contributed by atoms with Crippen molar-refractivity contribution in [1.29, 1.82) is 0 Å². The second kappa shape index (κ2) is 12.4. The quantitative estimate of drug-likeness (QED) is 0.316. The van der Waals surface area contributed by atoms with Crippen molar-refractivity contribution >= 4 is 12.0 Å². The Kier molecular flexibility index (Phi) is 10.1. The van der Waals surface area contributed by atoms with Crippen LogP contribution in [0.4, 0.5) is 35.5 Å². The van der Waals surface area contributed by atoms with Crippen LogP contribution >= 0.6 is 0 Å². The summed E-state index contributed by atoms with van der Waals surface area (Å²) in [6.07, 6.45) is -5.83. The number of carbonyl (C=O) groups is 2. The summed E-state index contributed by atoms with van der Waals surface area (Å²) in [5, 5.41) is 16.5. The lowest BCUT2D eigenvalue weighted by Crippen LogP contribution is -2.60. The molecule has 38 heavy (non-hydrogen) atoms. The van der Waals surface area contributed by atoms with Crippen molar-refractivity contribution in [2.75, 3.05) is 20.2 Å². The van der Waals surface area contributed by atoms with Gasteiger partial charge in [0.05, 0.1) is 30.7 Å². The number of halogens is 7. The summed E-state index contributed by atoms with van der Waals surface area (Å²) in [6.45, 7) is -2.81. The molecule has 1 aromatic carbocycles. The smallest absolute Gasteiger partial charge is 0.407 e. The van der Waals surface area contributed by atoms with Crippen molar-refractivity contribution in [2.24, 2.45) is 5.41 Å². The molecule has 1 heterocycles. The molecule has 0 unspecified atom stereocenters. The minimum absolute atomic E-state index is 0.0807. The Labute approximate surface area is 212 Å². The zero-order chi connectivity index (χ0) is 28.8. The average Bonchev–Trinajstić information content (AvgIpc) is 3.32. The highest BCUT2D eigenvalue weighted by atomic mass is 19.4. The van der Waals surface area contributed by atoms with Crippen molar-refractivity contribution in [1.82, 2.24) is 25.5 Å². The number of nitrogens with one attached hydrogen (secondary N) is 3. The van der Waals surface area contributed by atoms with Crippen LogP contribution in [0.2, 0.25) is 0 Å². The lowest BCUT2D eigenvalue weighted by molar-refractivity contribution is -0.220. The molecule has 0 aliphatic heterocycles. The Morgan fingerprint density at radius 3 is 2.24 bits per heavy atom. The first-order valence-electron chi connectivity index (χ1n) is 11.0. The highest BCUT2D eigenvalue weighted by Crippen LogP contribution is 2.40. The molecule has 0 saturated carbocycles. The fourth-order valence-electron chi connectivity index (χ4n) is 3.18. The summed E-state index contributed by atoms with van der Waals surface area (Å²) in [7, 11) is 0.903. The highest BCUT2D eigenvalue weighted by molar-refractivity contribution is 5.86. The number of aliphatic hydroxyl groups is 1. The molecule has 0 bridgehead atoms. The molecular weight excluding hydrogens is 531 g/mol. The fraction of sp³-hybridized carbons (Fsp3) is 0.500. The summed E-state index contributed by atoms with van der Waals surface area (Å²) in [5.41, 5.74) is -3.30. The number of nitrogens with zero attached hydrogens (tertiary/aromatic N) is 2. The van der Waals surface area contributed by atoms with Crippen LogP contribution in [-0.2, 0) is 16.1 Å². The van der Waals surface area contributed by atoms with Crippen LogP contribution in [0.3, 0.4) is 0 Å². The molecule has 0 aliphatic carbocycles. The molecule has 2 rings (SSSR count). The predicted molar refractivity (Wildman–Crippen MR) is 119 cm³/mol. The van der Waals surface area contributed by atoms with E-state index in [0.717, 1.165) is 31.8 Å². The molecule has 0 saturated heterocycles. The molecule has 1 aromatic heterocycles. The highest BCUT2D eigenvalue weighted by Gasteiger charge is 2.55. The van der Waals surface area contributed by atoms with Crippen LogP contribution in [0.5, 0.6) is 0 Å². The maximum atomic E-state index is 14.5. The molecular formula is C22H26F7N5O4. The molecule has 2 atom stereocenters. The van der Waals surface area contributed by atoms with Gasteiger partial charge in [0.1, 0.15) is 17.7 Å². The van der Waals surface area contributed by atoms with Gasteiger partial charge in [0.15, 0.2) is 0 Å². The van der Waals surface area contributed by atoms with Gasteiger partial charge < -0.3 is 25.8 Å². The summed E-state index contributed by atoms with van der Waals surface area (Å²) in [6, 6.07) is -0.304. The molecule has 0 aliphatic rings. The minimum atomic E-state index is -4.89. The van der Waals surface area contributed by atoms with E-state index < -0.39 is 72.6 Å². The number of rotatable bonds is 11. The summed E-state index contributed by atoms with van der Waals surface area (Å²) in [5.74, 6) is -3.29. The lowest BCUT2D eigenvalue weighted by Gasteiger charge is -2.35. The third-order valence-corrected chi connectivity index (χ3v) is 5.62. The first kappa shape index (κ1) is 30.8. The van der Waals surface area contributed by atoms with Crippen molar-refractivity contribution in [3.05, 3.63) is 41.9 Å². The molecule has 0 radical (unpaired) electrons. The van der Waals surface area contributed by atoms with E-state index >= 15 is 0 Å². The van der Waals surface area contributed by atoms with Gasteiger partial charge in [-0.25, -0.2) is 18.6 Å². The normalized spacial score (nSPS) is 13.8. The number of hydrogen-bond acceptors (Lipinski definition) is 6. The number of aromatic nitrogens is 2. The van der Waals surface area contributed by atoms with Crippen LogP contribution in [-0.4, -0.2) is 65.2 Å². The van der Waals surface area contributed by atoms with Gasteiger partial charge >= 0.3 is 18.8 Å². The van der Waals surface area contributed by atoms with Crippen molar-refractivity contribution in [3.8, 4) is 11.3 Å². The number of benzene rings is 1. The van der Waals surface area contributed by atoms with Crippen molar-refractivity contribution < 1.29 is 50.2 Å². The maximum absolute atomic E-state index is 14.5. The maximum Gasteiger partial charge on any atom is 0.407 e. The van der Waals surface area contributed by atoms with Crippen LogP contribution in [0, 0.1) is 17.0 Å². The van der Waals surface area contributed by atoms with Crippen molar-refractivity contribution in [2.45, 2.75) is 45.3 Å². The van der Waals surface area contributed by atoms with E-state index in [1.807, 2.05) is 5.32 Å². The number of aliphatic hydroxyl groups excluding tert-OH is 1. The van der Waals surface area contributed by atoms with Gasteiger partial charge in [0, 0.05) is 37.0 Å². The molecule has 9 nitrogen and oxygen atoms in total. The second-order valence-electron chi connectivity index (χ2n) is 8.72. The SMILES string of the molecule is COC(=O)N[C@H](C(=O)NC[C@@H](O)CNCc1c(F)cc(-c2cn(C(F)F)cn2)cc1F)C(C)(C)C(F)(F)F. The zero-order valence-electron chi connectivity index (χ0n) is 20.4. The van der Waals surface area contributed by atoms with Crippen LogP contribution < -0.4 is 16.0 Å². The van der Waals surface area contributed by atoms with Gasteiger partial charge in [-0.3, -0.25) is 9.36 Å². The standard InChI is InChI=1S/C22H26F7N5O4/c1-21(2,22(27,28)29)17(33-20(37)38-3)18(36)31-7-12(35)6-30-8-13-14(23)4-11(5-15(13)24)16-9-34(10-32-16)19(25)26/h4-5,9-10,12,17,19,30,35H,6-8H2,1-3H3,(H,31,36)(H,33,37)/t12-,17+/m0/s1. The Balaban J connectivity index is 1.96. The van der Waals surface area contributed by atoms with E-state index in [1.54, 1.807) is 0 Å². The van der Waals surface area contributed by atoms with Gasteiger partial charge in [-0.15, -0.1) is 0 Å². The Morgan fingerprint density at radius 1 is 1.13 bits per heavy atom. The third-order valence-electron chi connectivity index (χ3n) is 5.62. The molecule has 0 spiro atoms.